The lowest BCUT2D eigenvalue weighted by atomic mass is 10.1. The van der Waals surface area contributed by atoms with Gasteiger partial charge < -0.3 is 11.1 Å². The molecule has 1 heterocycles. The van der Waals surface area contributed by atoms with Crippen LogP contribution in [0, 0.1) is 5.92 Å². The molecule has 0 saturated heterocycles. The second-order valence-corrected chi connectivity index (χ2v) is 4.18. The molecule has 0 radical (unpaired) electrons. The number of nitrogens with two attached hydrogens (primary N) is 1. The summed E-state index contributed by atoms with van der Waals surface area (Å²) in [4.78, 5) is 15.4. The summed E-state index contributed by atoms with van der Waals surface area (Å²) in [7, 11) is 0. The smallest absolute Gasteiger partial charge is 0.270 e. The maximum Gasteiger partial charge on any atom is 0.270 e. The number of carbonyl (C=O) groups is 1. The highest BCUT2D eigenvalue weighted by atomic mass is 32.1. The average Bonchev–Trinajstić information content (AvgIpc) is 2.60. The highest BCUT2D eigenvalue weighted by Crippen LogP contribution is 2.10. The zero-order chi connectivity index (χ0) is 10.6. The molecule has 0 aliphatic carbocycles. The van der Waals surface area contributed by atoms with Gasteiger partial charge in [-0.05, 0) is 5.92 Å². The molecule has 5 heteroatoms. The zero-order valence-electron chi connectivity index (χ0n) is 8.41. The van der Waals surface area contributed by atoms with E-state index in [0.29, 0.717) is 23.3 Å². The van der Waals surface area contributed by atoms with Crippen molar-refractivity contribution < 1.29 is 4.79 Å². The monoisotopic (exact) mass is 213 g/mol. The number of amides is 1. The van der Waals surface area contributed by atoms with Gasteiger partial charge in [0.25, 0.3) is 5.91 Å². The number of hydrogen-bond donors (Lipinski definition) is 2. The lowest BCUT2D eigenvalue weighted by Gasteiger charge is -2.08. The molecule has 0 bridgehead atoms. The minimum absolute atomic E-state index is 0.141. The number of rotatable bonds is 4. The number of nitrogens with one attached hydrogen (secondary N) is 1. The number of anilines is 1. The third-order valence-corrected chi connectivity index (χ3v) is 2.74. The molecule has 1 atom stereocenters. The average molecular weight is 213 g/mol. The van der Waals surface area contributed by atoms with Gasteiger partial charge in [-0.25, -0.2) is 4.98 Å². The van der Waals surface area contributed by atoms with Crippen LogP contribution in [0.4, 0.5) is 5.13 Å². The molecule has 0 spiro atoms. The Balaban J connectivity index is 2.43. The highest BCUT2D eigenvalue weighted by Gasteiger charge is 2.09. The first kappa shape index (κ1) is 11.0. The van der Waals surface area contributed by atoms with Gasteiger partial charge in [0.1, 0.15) is 5.69 Å². The van der Waals surface area contributed by atoms with E-state index in [1.165, 1.54) is 11.3 Å². The third-order valence-electron chi connectivity index (χ3n) is 2.06. The zero-order valence-corrected chi connectivity index (χ0v) is 9.23. The third kappa shape index (κ3) is 2.99. The predicted octanol–water partition coefficient (Wildman–Crippen LogP) is 1.50. The van der Waals surface area contributed by atoms with E-state index in [0.717, 1.165) is 6.42 Å². The number of nitrogens with zero attached hydrogens (tertiary/aromatic N) is 1. The highest BCUT2D eigenvalue weighted by molar-refractivity contribution is 7.13. The summed E-state index contributed by atoms with van der Waals surface area (Å²) in [5.74, 6) is 0.355. The lowest BCUT2D eigenvalue weighted by molar-refractivity contribution is 0.0943. The summed E-state index contributed by atoms with van der Waals surface area (Å²) in [6.07, 6.45) is 1.06. The topological polar surface area (TPSA) is 68.0 Å². The van der Waals surface area contributed by atoms with Crippen molar-refractivity contribution in [1.29, 1.82) is 0 Å². The Hall–Kier alpha value is -1.10. The van der Waals surface area contributed by atoms with Gasteiger partial charge in [0.05, 0.1) is 0 Å². The van der Waals surface area contributed by atoms with Crippen molar-refractivity contribution in [3.63, 3.8) is 0 Å². The van der Waals surface area contributed by atoms with Gasteiger partial charge in [0.2, 0.25) is 0 Å². The van der Waals surface area contributed by atoms with Crippen molar-refractivity contribution in [2.24, 2.45) is 5.92 Å². The molecule has 78 valence electrons. The molecule has 1 aromatic rings. The van der Waals surface area contributed by atoms with Crippen LogP contribution in [0.1, 0.15) is 30.8 Å². The molecule has 0 saturated carbocycles. The molecule has 0 aromatic carbocycles. The first-order chi connectivity index (χ1) is 6.63. The Morgan fingerprint density at radius 3 is 3.00 bits per heavy atom. The molecule has 0 aliphatic heterocycles. The molecule has 1 amide bonds. The first-order valence-electron chi connectivity index (χ1n) is 4.62. The van der Waals surface area contributed by atoms with Crippen molar-refractivity contribution >= 4 is 22.4 Å². The van der Waals surface area contributed by atoms with Gasteiger partial charge >= 0.3 is 0 Å². The summed E-state index contributed by atoms with van der Waals surface area (Å²) in [6.45, 7) is 4.88. The number of carbonyl (C=O) groups excluding carboxylic acids is 1. The van der Waals surface area contributed by atoms with Crippen LogP contribution in [0.3, 0.4) is 0 Å². The molecule has 4 nitrogen and oxygen atoms in total. The fraction of sp³-hybridized carbons (Fsp3) is 0.556. The molecule has 1 unspecified atom stereocenters. The van der Waals surface area contributed by atoms with Crippen LogP contribution >= 0.6 is 11.3 Å². The predicted molar refractivity (Wildman–Crippen MR) is 58.3 cm³/mol. The summed E-state index contributed by atoms with van der Waals surface area (Å²) in [6, 6.07) is 0. The van der Waals surface area contributed by atoms with Gasteiger partial charge in [-0.3, -0.25) is 4.79 Å². The maximum absolute atomic E-state index is 11.5. The van der Waals surface area contributed by atoms with Gasteiger partial charge in [-0.2, -0.15) is 0 Å². The van der Waals surface area contributed by atoms with Crippen LogP contribution in [0.25, 0.3) is 0 Å². The molecule has 0 fully saturated rings. The van der Waals surface area contributed by atoms with E-state index in [9.17, 15) is 4.79 Å². The minimum atomic E-state index is -0.141. The SMILES string of the molecule is CCC(C)CNC(=O)c1csc(N)n1. The molecule has 3 N–H and O–H groups in total. The molecule has 14 heavy (non-hydrogen) atoms. The Bertz CT molecular complexity index is 311. The van der Waals surface area contributed by atoms with Crippen molar-refractivity contribution in [1.82, 2.24) is 10.3 Å². The van der Waals surface area contributed by atoms with E-state index in [4.69, 9.17) is 5.73 Å². The van der Waals surface area contributed by atoms with Crippen molar-refractivity contribution in [2.45, 2.75) is 20.3 Å². The summed E-state index contributed by atoms with van der Waals surface area (Å²) < 4.78 is 0. The van der Waals surface area contributed by atoms with Crippen LogP contribution in [-0.2, 0) is 0 Å². The summed E-state index contributed by atoms with van der Waals surface area (Å²) >= 11 is 1.28. The Kier molecular flexibility index (Phi) is 3.88. The minimum Gasteiger partial charge on any atom is -0.375 e. The van der Waals surface area contributed by atoms with E-state index in [2.05, 4.69) is 24.1 Å². The van der Waals surface area contributed by atoms with Crippen molar-refractivity contribution in [3.8, 4) is 0 Å². The molecule has 1 rings (SSSR count). The second-order valence-electron chi connectivity index (χ2n) is 3.29. The summed E-state index contributed by atoms with van der Waals surface area (Å²) in [5, 5.41) is 4.91. The molecule has 0 aliphatic rings. The summed E-state index contributed by atoms with van der Waals surface area (Å²) in [5.41, 5.74) is 5.84. The van der Waals surface area contributed by atoms with Crippen molar-refractivity contribution in [3.05, 3.63) is 11.1 Å². The van der Waals surface area contributed by atoms with Crippen LogP contribution in [-0.4, -0.2) is 17.4 Å². The fourth-order valence-electron chi connectivity index (χ4n) is 0.894. The standard InChI is InChI=1S/C9H15N3OS/c1-3-6(2)4-11-8(13)7-5-14-9(10)12-7/h5-6H,3-4H2,1-2H3,(H2,10,12)(H,11,13). The van der Waals surface area contributed by atoms with E-state index < -0.39 is 0 Å². The van der Waals surface area contributed by atoms with Gasteiger partial charge in [-0.15, -0.1) is 11.3 Å². The van der Waals surface area contributed by atoms with E-state index in [1.54, 1.807) is 5.38 Å². The number of aromatic nitrogens is 1. The normalized spacial score (nSPS) is 12.4. The first-order valence-corrected chi connectivity index (χ1v) is 5.50. The number of nitrogen functional groups attached to an aromatic ring is 1. The van der Waals surface area contributed by atoms with Gasteiger partial charge in [-0.1, -0.05) is 20.3 Å². The van der Waals surface area contributed by atoms with Gasteiger partial charge in [0, 0.05) is 11.9 Å². The van der Waals surface area contributed by atoms with Crippen LogP contribution < -0.4 is 11.1 Å². The Morgan fingerprint density at radius 1 is 1.79 bits per heavy atom. The van der Waals surface area contributed by atoms with Crippen LogP contribution in [0.15, 0.2) is 5.38 Å². The van der Waals surface area contributed by atoms with Crippen LogP contribution in [0.5, 0.6) is 0 Å². The largest absolute Gasteiger partial charge is 0.375 e. The van der Waals surface area contributed by atoms with E-state index in [-0.39, 0.29) is 5.91 Å². The molecular formula is C9H15N3OS. The van der Waals surface area contributed by atoms with Crippen molar-refractivity contribution in [2.75, 3.05) is 12.3 Å². The Morgan fingerprint density at radius 2 is 2.50 bits per heavy atom. The second kappa shape index (κ2) is 4.95. The van der Waals surface area contributed by atoms with Gasteiger partial charge in [0.15, 0.2) is 5.13 Å². The van der Waals surface area contributed by atoms with E-state index >= 15 is 0 Å². The maximum atomic E-state index is 11.5. The van der Waals surface area contributed by atoms with Crippen LogP contribution in [0.2, 0.25) is 0 Å². The molecular weight excluding hydrogens is 198 g/mol. The lowest BCUT2D eigenvalue weighted by Crippen LogP contribution is -2.28. The molecule has 1 aromatic heterocycles. The fourth-order valence-corrected chi connectivity index (χ4v) is 1.44. The Labute approximate surface area is 87.5 Å². The quantitative estimate of drug-likeness (QED) is 0.796. The van der Waals surface area contributed by atoms with E-state index in [1.807, 2.05) is 0 Å². The number of hydrogen-bond acceptors (Lipinski definition) is 4. The number of thiazole rings is 1.